The monoisotopic (exact) mass is 255 g/mol. The maximum Gasteiger partial charge on any atom is 0.349 e. The summed E-state index contributed by atoms with van der Waals surface area (Å²) in [5.74, 6) is -1.61. The quantitative estimate of drug-likeness (QED) is 0.325. The molecule has 96 valence electrons. The van der Waals surface area contributed by atoms with Crippen LogP contribution in [0.2, 0.25) is 0 Å². The number of fused-ring (bicyclic) bond motifs is 1. The molecule has 1 heterocycles. The van der Waals surface area contributed by atoms with Gasteiger partial charge in [0.15, 0.2) is 5.90 Å². The fraction of sp³-hybridized carbons (Fsp3) is 0.333. The highest BCUT2D eigenvalue weighted by Gasteiger charge is 2.56. The van der Waals surface area contributed by atoms with Crippen LogP contribution in [-0.2, 0) is 9.47 Å². The van der Waals surface area contributed by atoms with E-state index >= 15 is 0 Å². The molecule has 0 aromatic carbocycles. The number of hydrogen-bond acceptors (Lipinski definition) is 7. The predicted octanol–water partition coefficient (Wildman–Crippen LogP) is 0.176. The summed E-state index contributed by atoms with van der Waals surface area (Å²) in [5.41, 5.74) is -0.832. The Morgan fingerprint density at radius 3 is 2.67 bits per heavy atom. The predicted molar refractivity (Wildman–Crippen MR) is 57.5 cm³/mol. The summed E-state index contributed by atoms with van der Waals surface area (Å²) < 4.78 is 10.3. The van der Waals surface area contributed by atoms with Crippen LogP contribution >= 0.6 is 0 Å². The first-order valence-electron chi connectivity index (χ1n) is 4.82. The number of methoxy groups -OCH3 is 1. The molecule has 0 radical (unpaired) electrons. The molecule has 0 aromatic rings. The fourth-order valence-corrected chi connectivity index (χ4v) is 1.79. The molecule has 0 spiro atoms. The number of rotatable bonds is 2. The first-order chi connectivity index (χ1) is 8.40. The lowest BCUT2D eigenvalue weighted by Gasteiger charge is -2.25. The van der Waals surface area contributed by atoms with Crippen molar-refractivity contribution in [1.82, 2.24) is 0 Å². The maximum absolute atomic E-state index is 11.0. The summed E-state index contributed by atoms with van der Waals surface area (Å²) in [6.45, 7) is 1.49. The van der Waals surface area contributed by atoms with E-state index in [4.69, 9.17) is 14.7 Å². The van der Waals surface area contributed by atoms with Crippen molar-refractivity contribution in [3.63, 3.8) is 0 Å². The minimum Gasteiger partial charge on any atom is -0.434 e. The van der Waals surface area contributed by atoms with Crippen LogP contribution in [0.1, 0.15) is 6.92 Å². The van der Waals surface area contributed by atoms with Crippen LogP contribution in [0.4, 0.5) is 0 Å². The zero-order chi connectivity index (χ0) is 13.5. The largest absolute Gasteiger partial charge is 0.434 e. The SMILES string of the molecule is CO[C@]12OC(C)=NC1=CC(=[N+]([O-])O)C=C2[N+](=O)[O-]. The molecular formula is C9H9N3O6. The van der Waals surface area contributed by atoms with Crippen molar-refractivity contribution in [3.8, 4) is 0 Å². The molecule has 1 atom stereocenters. The Hall–Kier alpha value is -2.42. The molecule has 1 aliphatic heterocycles. The van der Waals surface area contributed by atoms with Gasteiger partial charge in [0.1, 0.15) is 5.70 Å². The molecule has 2 rings (SSSR count). The molecular weight excluding hydrogens is 246 g/mol. The first-order valence-corrected chi connectivity index (χ1v) is 4.82. The van der Waals surface area contributed by atoms with Crippen LogP contribution < -0.4 is 0 Å². The van der Waals surface area contributed by atoms with E-state index in [1.165, 1.54) is 14.0 Å². The van der Waals surface area contributed by atoms with Gasteiger partial charge in [0.25, 0.3) is 5.71 Å². The van der Waals surface area contributed by atoms with Gasteiger partial charge >= 0.3 is 11.5 Å². The average molecular weight is 255 g/mol. The second-order valence-electron chi connectivity index (χ2n) is 3.57. The second-order valence-corrected chi connectivity index (χ2v) is 3.57. The minimum absolute atomic E-state index is 0.0293. The first kappa shape index (κ1) is 12.0. The van der Waals surface area contributed by atoms with Crippen LogP contribution in [0.5, 0.6) is 0 Å². The summed E-state index contributed by atoms with van der Waals surface area (Å²) in [5, 5.41) is 30.7. The highest BCUT2D eigenvalue weighted by Crippen LogP contribution is 2.39. The zero-order valence-electron chi connectivity index (χ0n) is 9.48. The Labute approximate surface area is 101 Å². The highest BCUT2D eigenvalue weighted by atomic mass is 16.8. The Morgan fingerprint density at radius 2 is 2.17 bits per heavy atom. The van der Waals surface area contributed by atoms with Crippen molar-refractivity contribution in [2.24, 2.45) is 4.99 Å². The lowest BCUT2D eigenvalue weighted by molar-refractivity contribution is -0.725. The van der Waals surface area contributed by atoms with E-state index in [1.807, 2.05) is 0 Å². The van der Waals surface area contributed by atoms with Gasteiger partial charge in [0.05, 0.1) is 11.0 Å². The zero-order valence-corrected chi connectivity index (χ0v) is 9.48. The van der Waals surface area contributed by atoms with Gasteiger partial charge in [0.2, 0.25) is 0 Å². The lowest BCUT2D eigenvalue weighted by Crippen LogP contribution is -2.42. The number of allylic oxidation sites excluding steroid dienone is 2. The molecule has 9 heteroatoms. The molecule has 0 fully saturated rings. The lowest BCUT2D eigenvalue weighted by atomic mass is 10.0. The van der Waals surface area contributed by atoms with Crippen molar-refractivity contribution >= 4 is 11.6 Å². The van der Waals surface area contributed by atoms with Gasteiger partial charge in [-0.1, -0.05) is 0 Å². The van der Waals surface area contributed by atoms with E-state index in [0.29, 0.717) is 0 Å². The van der Waals surface area contributed by atoms with E-state index in [0.717, 1.165) is 12.2 Å². The van der Waals surface area contributed by atoms with E-state index < -0.39 is 21.3 Å². The molecule has 0 amide bonds. The summed E-state index contributed by atoms with van der Waals surface area (Å²) in [6.07, 6.45) is 2.02. The van der Waals surface area contributed by atoms with Crippen LogP contribution in [0.25, 0.3) is 0 Å². The summed E-state index contributed by atoms with van der Waals surface area (Å²) in [7, 11) is 1.22. The van der Waals surface area contributed by atoms with Crippen molar-refractivity contribution < 1.29 is 24.5 Å². The molecule has 0 aromatic heterocycles. The molecule has 0 unspecified atom stereocenters. The third-order valence-electron chi connectivity index (χ3n) is 2.52. The van der Waals surface area contributed by atoms with Crippen molar-refractivity contribution in [2.75, 3.05) is 7.11 Å². The minimum atomic E-state index is -1.77. The fourth-order valence-electron chi connectivity index (χ4n) is 1.79. The summed E-state index contributed by atoms with van der Waals surface area (Å²) >= 11 is 0. The molecule has 1 N–H and O–H groups in total. The Kier molecular flexibility index (Phi) is 2.55. The van der Waals surface area contributed by atoms with Crippen LogP contribution in [0, 0.1) is 15.3 Å². The van der Waals surface area contributed by atoms with Crippen molar-refractivity contribution in [1.29, 1.82) is 0 Å². The maximum atomic E-state index is 11.0. The van der Waals surface area contributed by atoms with Gasteiger partial charge in [-0.2, -0.15) is 0 Å². The van der Waals surface area contributed by atoms with Crippen molar-refractivity contribution in [2.45, 2.75) is 12.7 Å². The Bertz CT molecular complexity index is 543. The molecule has 18 heavy (non-hydrogen) atoms. The number of nitro groups is 1. The average Bonchev–Trinajstić information content (AvgIpc) is 2.63. The van der Waals surface area contributed by atoms with E-state index in [1.54, 1.807) is 0 Å². The van der Waals surface area contributed by atoms with Gasteiger partial charge in [-0.3, -0.25) is 15.3 Å². The van der Waals surface area contributed by atoms with Crippen LogP contribution in [0.15, 0.2) is 28.5 Å². The standard InChI is InChI=1S/C9H9N3O6/c1-5-10-7-3-6(11(13)14)4-8(12(15)16)9(7,17-2)18-5/h3-4H,1-2H3,(H,13,14)/t9-/m0/s1. The molecule has 0 saturated heterocycles. The van der Waals surface area contributed by atoms with E-state index in [2.05, 4.69) is 4.99 Å². The molecule has 1 aliphatic carbocycles. The third-order valence-corrected chi connectivity index (χ3v) is 2.52. The number of ether oxygens (including phenoxy) is 2. The van der Waals surface area contributed by atoms with Gasteiger partial charge in [0, 0.05) is 25.0 Å². The number of aliphatic imine (C=N–C) groups is 1. The van der Waals surface area contributed by atoms with Gasteiger partial charge in [-0.05, 0) is 0 Å². The van der Waals surface area contributed by atoms with E-state index in [9.17, 15) is 15.3 Å². The molecule has 0 bridgehead atoms. The van der Waals surface area contributed by atoms with Crippen molar-refractivity contribution in [3.05, 3.63) is 38.9 Å². The molecule has 0 saturated carbocycles. The van der Waals surface area contributed by atoms with E-state index in [-0.39, 0.29) is 17.3 Å². The van der Waals surface area contributed by atoms with Gasteiger partial charge in [-0.25, -0.2) is 4.99 Å². The molecule has 2 aliphatic rings. The van der Waals surface area contributed by atoms with Gasteiger partial charge in [-0.15, -0.1) is 0 Å². The summed E-state index contributed by atoms with van der Waals surface area (Å²) in [4.78, 5) is 13.7. The van der Waals surface area contributed by atoms with Gasteiger partial charge < -0.3 is 14.7 Å². The smallest absolute Gasteiger partial charge is 0.349 e. The Morgan fingerprint density at radius 1 is 1.50 bits per heavy atom. The second kappa shape index (κ2) is 3.81. The third kappa shape index (κ3) is 1.52. The normalized spacial score (nSPS) is 28.7. The molecule has 9 nitrogen and oxygen atoms in total. The topological polar surface area (TPSA) is 120 Å². The summed E-state index contributed by atoms with van der Waals surface area (Å²) in [6, 6.07) is 0. The van der Waals surface area contributed by atoms with Crippen LogP contribution in [-0.4, -0.2) is 39.5 Å². The Balaban J connectivity index is 2.65. The van der Waals surface area contributed by atoms with Crippen LogP contribution in [0.3, 0.4) is 0 Å². The number of nitrogens with zero attached hydrogens (tertiary/aromatic N) is 3. The number of hydrogen-bond donors (Lipinski definition) is 1. The highest BCUT2D eigenvalue weighted by molar-refractivity contribution is 6.03.